The maximum atomic E-state index is 12.3. The van der Waals surface area contributed by atoms with Gasteiger partial charge in [0.15, 0.2) is 0 Å². The first-order valence-corrected chi connectivity index (χ1v) is 8.92. The van der Waals surface area contributed by atoms with Gasteiger partial charge in [0.05, 0.1) is 18.3 Å². The number of ether oxygens (including phenoxy) is 1. The highest BCUT2D eigenvalue weighted by Crippen LogP contribution is 2.20. The van der Waals surface area contributed by atoms with Crippen LogP contribution in [0, 0.1) is 5.92 Å². The zero-order valence-electron chi connectivity index (χ0n) is 13.0. The Kier molecular flexibility index (Phi) is 6.77. The van der Waals surface area contributed by atoms with E-state index < -0.39 is 0 Å². The standard InChI is InChI=1S/C17H23NO3S/c1-2-21-17(20)15-9-6-10-18(11-15)16(19)13-22-12-14-7-4-3-5-8-14/h3-5,7-8,15H,2,6,9-13H2,1H3/t15-/m0/s1. The second-order valence-electron chi connectivity index (χ2n) is 5.41. The van der Waals surface area contributed by atoms with Crippen molar-refractivity contribution in [2.75, 3.05) is 25.4 Å². The lowest BCUT2D eigenvalue weighted by Gasteiger charge is -2.31. The quantitative estimate of drug-likeness (QED) is 0.756. The molecule has 0 N–H and O–H groups in total. The molecule has 1 atom stereocenters. The van der Waals surface area contributed by atoms with E-state index in [1.54, 1.807) is 11.8 Å². The predicted octanol–water partition coefficient (Wildman–Crippen LogP) is 2.72. The lowest BCUT2D eigenvalue weighted by Crippen LogP contribution is -2.43. The third-order valence-corrected chi connectivity index (χ3v) is 4.72. The summed E-state index contributed by atoms with van der Waals surface area (Å²) < 4.78 is 5.07. The summed E-state index contributed by atoms with van der Waals surface area (Å²) in [6, 6.07) is 10.1. The van der Waals surface area contributed by atoms with Crippen LogP contribution in [0.5, 0.6) is 0 Å². The van der Waals surface area contributed by atoms with Crippen molar-refractivity contribution in [3.8, 4) is 0 Å². The second-order valence-corrected chi connectivity index (χ2v) is 6.39. The van der Waals surface area contributed by atoms with E-state index in [0.717, 1.165) is 25.1 Å². The minimum absolute atomic E-state index is 0.120. The summed E-state index contributed by atoms with van der Waals surface area (Å²) in [5.74, 6) is 1.09. The molecule has 1 fully saturated rings. The molecule has 4 nitrogen and oxygen atoms in total. The SMILES string of the molecule is CCOC(=O)[C@H]1CCCN(C(=O)CSCc2ccccc2)C1. The lowest BCUT2D eigenvalue weighted by atomic mass is 9.98. The van der Waals surface area contributed by atoms with E-state index in [1.807, 2.05) is 30.0 Å². The number of benzene rings is 1. The first-order chi connectivity index (χ1) is 10.7. The summed E-state index contributed by atoms with van der Waals surface area (Å²) in [4.78, 5) is 25.9. The monoisotopic (exact) mass is 321 g/mol. The van der Waals surface area contributed by atoms with Gasteiger partial charge in [-0.25, -0.2) is 0 Å². The second kappa shape index (κ2) is 8.83. The number of rotatable bonds is 6. The number of piperidine rings is 1. The first kappa shape index (κ1) is 16.9. The number of thioether (sulfide) groups is 1. The average Bonchev–Trinajstić information content (AvgIpc) is 2.56. The van der Waals surface area contributed by atoms with Gasteiger partial charge in [-0.3, -0.25) is 9.59 Å². The molecule has 1 aliphatic heterocycles. The van der Waals surface area contributed by atoms with Crippen LogP contribution >= 0.6 is 11.8 Å². The predicted molar refractivity (Wildman–Crippen MR) is 88.5 cm³/mol. The Labute approximate surface area is 136 Å². The molecule has 0 saturated carbocycles. The molecule has 1 aromatic rings. The van der Waals surface area contributed by atoms with Crippen molar-refractivity contribution in [2.45, 2.75) is 25.5 Å². The third-order valence-electron chi connectivity index (χ3n) is 3.73. The molecule has 1 amide bonds. The van der Waals surface area contributed by atoms with Crippen molar-refractivity contribution in [1.82, 2.24) is 4.90 Å². The van der Waals surface area contributed by atoms with Crippen LogP contribution in [-0.2, 0) is 20.1 Å². The Balaban J connectivity index is 1.75. The number of hydrogen-bond donors (Lipinski definition) is 0. The first-order valence-electron chi connectivity index (χ1n) is 7.76. The van der Waals surface area contributed by atoms with Gasteiger partial charge in [0, 0.05) is 18.8 Å². The molecular formula is C17H23NO3S. The van der Waals surface area contributed by atoms with Crippen molar-refractivity contribution in [3.05, 3.63) is 35.9 Å². The van der Waals surface area contributed by atoms with Crippen LogP contribution in [0.2, 0.25) is 0 Å². The van der Waals surface area contributed by atoms with Crippen LogP contribution in [0.3, 0.4) is 0 Å². The molecule has 0 spiro atoms. The van der Waals surface area contributed by atoms with Gasteiger partial charge in [0.1, 0.15) is 0 Å². The van der Waals surface area contributed by atoms with Crippen LogP contribution in [0.25, 0.3) is 0 Å². The van der Waals surface area contributed by atoms with Gasteiger partial charge in [-0.1, -0.05) is 30.3 Å². The normalized spacial score (nSPS) is 18.0. The van der Waals surface area contributed by atoms with Crippen molar-refractivity contribution in [3.63, 3.8) is 0 Å². The number of likely N-dealkylation sites (tertiary alicyclic amines) is 1. The summed E-state index contributed by atoms with van der Waals surface area (Å²) in [5.41, 5.74) is 1.23. The van der Waals surface area contributed by atoms with E-state index in [0.29, 0.717) is 18.9 Å². The molecule has 120 valence electrons. The number of carbonyl (C=O) groups excluding carboxylic acids is 2. The summed E-state index contributed by atoms with van der Waals surface area (Å²) in [7, 11) is 0. The van der Waals surface area contributed by atoms with Crippen LogP contribution < -0.4 is 0 Å². The summed E-state index contributed by atoms with van der Waals surface area (Å²) >= 11 is 1.62. The smallest absolute Gasteiger partial charge is 0.310 e. The van der Waals surface area contributed by atoms with E-state index in [1.165, 1.54) is 5.56 Å². The topological polar surface area (TPSA) is 46.6 Å². The fraction of sp³-hybridized carbons (Fsp3) is 0.529. The fourth-order valence-electron chi connectivity index (χ4n) is 2.58. The molecule has 0 radical (unpaired) electrons. The van der Waals surface area contributed by atoms with E-state index in [4.69, 9.17) is 4.74 Å². The van der Waals surface area contributed by atoms with Gasteiger partial charge in [0.25, 0.3) is 0 Å². The molecule has 2 rings (SSSR count). The summed E-state index contributed by atoms with van der Waals surface area (Å²) in [6.45, 7) is 3.46. The van der Waals surface area contributed by atoms with Gasteiger partial charge in [-0.2, -0.15) is 0 Å². The Morgan fingerprint density at radius 1 is 1.32 bits per heavy atom. The van der Waals surface area contributed by atoms with Gasteiger partial charge in [-0.15, -0.1) is 11.8 Å². The number of amides is 1. The molecule has 1 aromatic carbocycles. The fourth-order valence-corrected chi connectivity index (χ4v) is 3.47. The highest BCUT2D eigenvalue weighted by Gasteiger charge is 2.29. The van der Waals surface area contributed by atoms with Crippen molar-refractivity contribution < 1.29 is 14.3 Å². The zero-order valence-corrected chi connectivity index (χ0v) is 13.8. The van der Waals surface area contributed by atoms with Gasteiger partial charge >= 0.3 is 5.97 Å². The third kappa shape index (κ3) is 5.05. The number of esters is 1. The molecule has 1 saturated heterocycles. The largest absolute Gasteiger partial charge is 0.466 e. The van der Waals surface area contributed by atoms with Crippen LogP contribution in [0.4, 0.5) is 0 Å². The van der Waals surface area contributed by atoms with E-state index in [2.05, 4.69) is 12.1 Å². The van der Waals surface area contributed by atoms with E-state index in [-0.39, 0.29) is 17.8 Å². The van der Waals surface area contributed by atoms with Crippen molar-refractivity contribution in [1.29, 1.82) is 0 Å². The lowest BCUT2D eigenvalue weighted by molar-refractivity contribution is -0.151. The molecule has 0 aliphatic carbocycles. The average molecular weight is 321 g/mol. The Morgan fingerprint density at radius 2 is 2.09 bits per heavy atom. The molecule has 1 heterocycles. The maximum absolute atomic E-state index is 12.3. The minimum Gasteiger partial charge on any atom is -0.466 e. The van der Waals surface area contributed by atoms with Crippen molar-refractivity contribution >= 4 is 23.6 Å². The number of nitrogens with zero attached hydrogens (tertiary/aromatic N) is 1. The highest BCUT2D eigenvalue weighted by molar-refractivity contribution is 7.99. The Morgan fingerprint density at radius 3 is 2.82 bits per heavy atom. The molecule has 0 aromatic heterocycles. The zero-order chi connectivity index (χ0) is 15.8. The number of hydrogen-bond acceptors (Lipinski definition) is 4. The summed E-state index contributed by atoms with van der Waals surface area (Å²) in [5, 5.41) is 0. The van der Waals surface area contributed by atoms with Gasteiger partial charge in [-0.05, 0) is 25.3 Å². The molecule has 22 heavy (non-hydrogen) atoms. The summed E-state index contributed by atoms with van der Waals surface area (Å²) in [6.07, 6.45) is 1.69. The Hall–Kier alpha value is -1.49. The molecule has 0 unspecified atom stereocenters. The van der Waals surface area contributed by atoms with Crippen LogP contribution in [0.1, 0.15) is 25.3 Å². The van der Waals surface area contributed by atoms with Crippen LogP contribution in [0.15, 0.2) is 30.3 Å². The molecular weight excluding hydrogens is 298 g/mol. The number of carbonyl (C=O) groups is 2. The molecule has 0 bridgehead atoms. The minimum atomic E-state index is -0.170. The van der Waals surface area contributed by atoms with Gasteiger partial charge < -0.3 is 9.64 Å². The van der Waals surface area contributed by atoms with Gasteiger partial charge in [0.2, 0.25) is 5.91 Å². The Bertz CT molecular complexity index is 492. The van der Waals surface area contributed by atoms with E-state index in [9.17, 15) is 9.59 Å². The molecule has 1 aliphatic rings. The van der Waals surface area contributed by atoms with E-state index >= 15 is 0 Å². The highest BCUT2D eigenvalue weighted by atomic mass is 32.2. The molecule has 5 heteroatoms. The van der Waals surface area contributed by atoms with Crippen molar-refractivity contribution in [2.24, 2.45) is 5.92 Å². The maximum Gasteiger partial charge on any atom is 0.310 e. The van der Waals surface area contributed by atoms with Crippen LogP contribution in [-0.4, -0.2) is 42.2 Å².